The van der Waals surface area contributed by atoms with Crippen molar-refractivity contribution in [2.24, 2.45) is 0 Å². The molecule has 1 aromatic heterocycles. The molecule has 0 aliphatic heterocycles. The molecule has 0 amide bonds. The molecule has 0 aliphatic carbocycles. The summed E-state index contributed by atoms with van der Waals surface area (Å²) in [6.45, 7) is 6.76. The Morgan fingerprint density at radius 3 is 2.40 bits per heavy atom. The van der Waals surface area contributed by atoms with Gasteiger partial charge < -0.3 is 5.32 Å². The zero-order chi connectivity index (χ0) is 14.7. The number of nitrogens with zero attached hydrogens (tertiary/aromatic N) is 2. The third-order valence-corrected chi connectivity index (χ3v) is 3.11. The van der Waals surface area contributed by atoms with E-state index in [2.05, 4.69) is 15.3 Å². The first-order valence-corrected chi connectivity index (χ1v) is 6.54. The summed E-state index contributed by atoms with van der Waals surface area (Å²) in [5.41, 5.74) is 2.12. The molecule has 3 nitrogen and oxygen atoms in total. The number of benzene rings is 1. The van der Waals surface area contributed by atoms with Crippen molar-refractivity contribution in [1.82, 2.24) is 15.3 Å². The largest absolute Gasteiger partial charge is 0.310 e. The monoisotopic (exact) mass is 277 g/mol. The molecule has 0 aliphatic rings. The van der Waals surface area contributed by atoms with Crippen LogP contribution >= 0.6 is 0 Å². The summed E-state index contributed by atoms with van der Waals surface area (Å²) in [6.07, 6.45) is 1.70. The number of hydrogen-bond acceptors (Lipinski definition) is 3. The minimum Gasteiger partial charge on any atom is -0.310 e. The van der Waals surface area contributed by atoms with E-state index in [1.165, 1.54) is 12.1 Å². The van der Waals surface area contributed by atoms with Crippen LogP contribution in [-0.4, -0.2) is 16.5 Å². The molecule has 20 heavy (non-hydrogen) atoms. The summed E-state index contributed by atoms with van der Waals surface area (Å²) in [6, 6.07) is 3.42. The highest BCUT2D eigenvalue weighted by molar-refractivity contribution is 5.55. The molecule has 0 fully saturated rings. The van der Waals surface area contributed by atoms with Crippen molar-refractivity contribution in [3.05, 3.63) is 47.3 Å². The van der Waals surface area contributed by atoms with Gasteiger partial charge in [-0.2, -0.15) is 0 Å². The van der Waals surface area contributed by atoms with Gasteiger partial charge in [-0.15, -0.1) is 0 Å². The van der Waals surface area contributed by atoms with Crippen molar-refractivity contribution < 1.29 is 8.78 Å². The van der Waals surface area contributed by atoms with E-state index in [1.54, 1.807) is 6.20 Å². The van der Waals surface area contributed by atoms with Crippen LogP contribution in [0.4, 0.5) is 8.78 Å². The van der Waals surface area contributed by atoms with Gasteiger partial charge in [0, 0.05) is 35.1 Å². The van der Waals surface area contributed by atoms with E-state index in [-0.39, 0.29) is 6.04 Å². The molecular formula is C15H17F2N3. The fourth-order valence-electron chi connectivity index (χ4n) is 2.14. The highest BCUT2D eigenvalue weighted by Crippen LogP contribution is 2.21. The molecule has 1 N–H and O–H groups in total. The molecule has 0 saturated heterocycles. The van der Waals surface area contributed by atoms with E-state index in [0.29, 0.717) is 11.4 Å². The molecule has 5 heteroatoms. The molecule has 2 aromatic rings. The second-order valence-corrected chi connectivity index (χ2v) is 4.67. The molecule has 0 radical (unpaired) electrons. The van der Waals surface area contributed by atoms with Crippen molar-refractivity contribution >= 4 is 0 Å². The lowest BCUT2D eigenvalue weighted by Crippen LogP contribution is -2.19. The van der Waals surface area contributed by atoms with Gasteiger partial charge in [-0.25, -0.2) is 18.7 Å². The number of hydrogen-bond donors (Lipinski definition) is 1. The van der Waals surface area contributed by atoms with Crippen LogP contribution in [0.25, 0.3) is 11.4 Å². The Morgan fingerprint density at radius 1 is 1.20 bits per heavy atom. The summed E-state index contributed by atoms with van der Waals surface area (Å²) in [5.74, 6) is -0.939. The summed E-state index contributed by atoms with van der Waals surface area (Å²) in [7, 11) is 0. The molecule has 2 rings (SSSR count). The van der Waals surface area contributed by atoms with Gasteiger partial charge in [0.1, 0.15) is 11.6 Å². The van der Waals surface area contributed by atoms with E-state index in [4.69, 9.17) is 0 Å². The SMILES string of the molecule is CCNC(C)c1cnc(-c2cc(F)cc(F)c2)nc1C. The van der Waals surface area contributed by atoms with Gasteiger partial charge in [0.05, 0.1) is 0 Å². The standard InChI is InChI=1S/C15H17F2N3/c1-4-18-9(2)14-8-19-15(20-10(14)3)11-5-12(16)7-13(17)6-11/h5-9,18H,4H2,1-3H3. The van der Waals surface area contributed by atoms with Gasteiger partial charge in [0.2, 0.25) is 0 Å². The predicted octanol–water partition coefficient (Wildman–Crippen LogP) is 3.40. The van der Waals surface area contributed by atoms with Crippen LogP contribution in [-0.2, 0) is 0 Å². The summed E-state index contributed by atoms with van der Waals surface area (Å²) in [4.78, 5) is 8.56. The van der Waals surface area contributed by atoms with E-state index in [1.807, 2.05) is 20.8 Å². The fourth-order valence-corrected chi connectivity index (χ4v) is 2.14. The molecule has 106 valence electrons. The smallest absolute Gasteiger partial charge is 0.159 e. The van der Waals surface area contributed by atoms with Gasteiger partial charge in [-0.1, -0.05) is 6.92 Å². The van der Waals surface area contributed by atoms with Gasteiger partial charge in [-0.3, -0.25) is 0 Å². The molecule has 0 bridgehead atoms. The minimum absolute atomic E-state index is 0.137. The fraction of sp³-hybridized carbons (Fsp3) is 0.333. The first-order valence-electron chi connectivity index (χ1n) is 6.54. The highest BCUT2D eigenvalue weighted by Gasteiger charge is 2.12. The third-order valence-electron chi connectivity index (χ3n) is 3.11. The maximum atomic E-state index is 13.2. The second-order valence-electron chi connectivity index (χ2n) is 4.67. The quantitative estimate of drug-likeness (QED) is 0.930. The van der Waals surface area contributed by atoms with Crippen LogP contribution in [0.15, 0.2) is 24.4 Å². The first-order chi connectivity index (χ1) is 9.51. The van der Waals surface area contributed by atoms with Crippen LogP contribution in [0.1, 0.15) is 31.1 Å². The van der Waals surface area contributed by atoms with Crippen molar-refractivity contribution in [3.8, 4) is 11.4 Å². The van der Waals surface area contributed by atoms with E-state index < -0.39 is 11.6 Å². The number of aromatic nitrogens is 2. The van der Waals surface area contributed by atoms with Crippen LogP contribution in [0, 0.1) is 18.6 Å². The topological polar surface area (TPSA) is 37.8 Å². The van der Waals surface area contributed by atoms with Crippen molar-refractivity contribution in [1.29, 1.82) is 0 Å². The average Bonchev–Trinajstić information content (AvgIpc) is 2.37. The Labute approximate surface area is 117 Å². The van der Waals surface area contributed by atoms with Crippen LogP contribution in [0.3, 0.4) is 0 Å². The normalized spacial score (nSPS) is 12.4. The van der Waals surface area contributed by atoms with Gasteiger partial charge in [-0.05, 0) is 32.5 Å². The van der Waals surface area contributed by atoms with E-state index >= 15 is 0 Å². The molecule has 0 spiro atoms. The van der Waals surface area contributed by atoms with Gasteiger partial charge in [0.15, 0.2) is 5.82 Å². The maximum Gasteiger partial charge on any atom is 0.159 e. The Kier molecular flexibility index (Phi) is 4.39. The number of nitrogens with one attached hydrogen (secondary N) is 1. The second kappa shape index (κ2) is 6.05. The molecule has 0 saturated carbocycles. The van der Waals surface area contributed by atoms with Gasteiger partial charge in [0.25, 0.3) is 0 Å². The zero-order valence-corrected chi connectivity index (χ0v) is 11.7. The average molecular weight is 277 g/mol. The van der Waals surface area contributed by atoms with Crippen LogP contribution in [0.2, 0.25) is 0 Å². The predicted molar refractivity (Wildman–Crippen MR) is 74.2 cm³/mol. The zero-order valence-electron chi connectivity index (χ0n) is 11.7. The molecule has 1 unspecified atom stereocenters. The Balaban J connectivity index is 2.37. The van der Waals surface area contributed by atoms with Crippen LogP contribution < -0.4 is 5.32 Å². The first kappa shape index (κ1) is 14.5. The molecule has 1 atom stereocenters. The van der Waals surface area contributed by atoms with Crippen molar-refractivity contribution in [2.75, 3.05) is 6.54 Å². The molecular weight excluding hydrogens is 260 g/mol. The molecule has 1 aromatic carbocycles. The third kappa shape index (κ3) is 3.17. The highest BCUT2D eigenvalue weighted by atomic mass is 19.1. The van der Waals surface area contributed by atoms with Gasteiger partial charge >= 0.3 is 0 Å². The van der Waals surface area contributed by atoms with E-state index in [9.17, 15) is 8.78 Å². The lowest BCUT2D eigenvalue weighted by Gasteiger charge is -2.15. The van der Waals surface area contributed by atoms with Crippen molar-refractivity contribution in [3.63, 3.8) is 0 Å². The summed E-state index contributed by atoms with van der Waals surface area (Å²) in [5, 5.41) is 3.28. The van der Waals surface area contributed by atoms with E-state index in [0.717, 1.165) is 23.9 Å². The maximum absolute atomic E-state index is 13.2. The van der Waals surface area contributed by atoms with Crippen molar-refractivity contribution in [2.45, 2.75) is 26.8 Å². The molecule has 1 heterocycles. The summed E-state index contributed by atoms with van der Waals surface area (Å²) < 4.78 is 26.4. The Bertz CT molecular complexity index is 594. The lowest BCUT2D eigenvalue weighted by molar-refractivity contribution is 0.583. The Hall–Kier alpha value is -1.88. The lowest BCUT2D eigenvalue weighted by atomic mass is 10.1. The number of rotatable bonds is 4. The minimum atomic E-state index is -0.633. The Morgan fingerprint density at radius 2 is 1.85 bits per heavy atom. The number of halogens is 2. The van der Waals surface area contributed by atoms with Crippen LogP contribution in [0.5, 0.6) is 0 Å². The number of aryl methyl sites for hydroxylation is 1. The summed E-state index contributed by atoms with van der Waals surface area (Å²) >= 11 is 0.